The van der Waals surface area contributed by atoms with Crippen LogP contribution < -0.4 is 4.74 Å². The molecular weight excluding hydrogens is 419 g/mol. The summed E-state index contributed by atoms with van der Waals surface area (Å²) in [7, 11) is 0. The number of benzene rings is 1. The third-order valence-corrected chi connectivity index (χ3v) is 5.84. The number of ether oxygens (including phenoxy) is 2. The molecule has 1 aromatic carbocycles. The van der Waals surface area contributed by atoms with Crippen molar-refractivity contribution in [1.29, 1.82) is 0 Å². The Morgan fingerprint density at radius 1 is 1.19 bits per heavy atom. The van der Waals surface area contributed by atoms with E-state index in [1.165, 1.54) is 12.8 Å². The monoisotopic (exact) mass is 436 g/mol. The van der Waals surface area contributed by atoms with E-state index in [-0.39, 0.29) is 27.2 Å². The largest absolute Gasteiger partial charge is 0.473 e. The van der Waals surface area contributed by atoms with E-state index in [1.54, 1.807) is 0 Å². The Morgan fingerprint density at radius 3 is 2.37 bits per heavy atom. The minimum atomic E-state index is -1.85. The molecule has 0 saturated heterocycles. The molecule has 0 bridgehead atoms. The van der Waals surface area contributed by atoms with Crippen LogP contribution in [0.15, 0.2) is 6.07 Å². The maximum Gasteiger partial charge on any atom is 0.422 e. The molecule has 0 aliphatic heterocycles. The SMILES string of the molecule is CC(CCOC(=O)c1c(Cl)c(Cl)cc(Cl)c1OC(=O)C(=O)O)C(C)C1CC1. The first kappa shape index (κ1) is 21.8. The second-order valence-corrected chi connectivity index (χ2v) is 7.84. The fourth-order valence-electron chi connectivity index (χ4n) is 2.76. The number of hydrogen-bond acceptors (Lipinski definition) is 5. The molecule has 0 amide bonds. The van der Waals surface area contributed by atoms with Crippen LogP contribution in [0.3, 0.4) is 0 Å². The highest BCUT2D eigenvalue weighted by Crippen LogP contribution is 2.42. The number of carbonyl (C=O) groups is 3. The number of aliphatic carboxylic acids is 1. The summed E-state index contributed by atoms with van der Waals surface area (Å²) in [4.78, 5) is 34.6. The normalized spacial score (nSPS) is 15.7. The lowest BCUT2D eigenvalue weighted by Gasteiger charge is -2.19. The Labute approximate surface area is 171 Å². The van der Waals surface area contributed by atoms with Gasteiger partial charge in [0.1, 0.15) is 5.56 Å². The van der Waals surface area contributed by atoms with E-state index in [1.807, 2.05) is 0 Å². The number of rotatable bonds is 7. The van der Waals surface area contributed by atoms with Crippen LogP contribution in [0.25, 0.3) is 0 Å². The fraction of sp³-hybridized carbons (Fsp3) is 0.500. The lowest BCUT2D eigenvalue weighted by atomic mass is 9.89. The lowest BCUT2D eigenvalue weighted by Crippen LogP contribution is -2.21. The van der Waals surface area contributed by atoms with E-state index in [0.717, 1.165) is 12.0 Å². The van der Waals surface area contributed by atoms with Gasteiger partial charge in [0.2, 0.25) is 0 Å². The third-order valence-electron chi connectivity index (χ3n) is 4.77. The van der Waals surface area contributed by atoms with Gasteiger partial charge < -0.3 is 14.6 Å². The second kappa shape index (κ2) is 9.13. The standard InChI is InChI=1S/C18H19Cl3O6/c1-8(9(2)10-3-4-10)5-6-26-17(24)13-14(21)11(19)7-12(20)15(13)27-18(25)16(22)23/h7-10H,3-6H2,1-2H3,(H,22,23). The van der Waals surface area contributed by atoms with Gasteiger partial charge in [0, 0.05) is 0 Å². The van der Waals surface area contributed by atoms with Gasteiger partial charge in [0.25, 0.3) is 0 Å². The predicted molar refractivity (Wildman–Crippen MR) is 101 cm³/mol. The molecule has 27 heavy (non-hydrogen) atoms. The number of carboxylic acid groups (broad SMARTS) is 1. The highest BCUT2D eigenvalue weighted by atomic mass is 35.5. The Balaban J connectivity index is 2.13. The van der Waals surface area contributed by atoms with Crippen LogP contribution >= 0.6 is 34.8 Å². The minimum absolute atomic E-state index is 0.0561. The lowest BCUT2D eigenvalue weighted by molar-refractivity contribution is -0.158. The molecule has 1 aliphatic rings. The zero-order valence-electron chi connectivity index (χ0n) is 14.8. The topological polar surface area (TPSA) is 89.9 Å². The molecule has 2 atom stereocenters. The first-order valence-electron chi connectivity index (χ1n) is 8.43. The average Bonchev–Trinajstić information content (AvgIpc) is 3.43. The van der Waals surface area contributed by atoms with Crippen molar-refractivity contribution in [3.05, 3.63) is 26.7 Å². The molecular formula is C18H19Cl3O6. The van der Waals surface area contributed by atoms with Crippen molar-refractivity contribution in [1.82, 2.24) is 0 Å². The third kappa shape index (κ3) is 5.50. The summed E-state index contributed by atoms with van der Waals surface area (Å²) in [5, 5.41) is 8.17. The fourth-order valence-corrected chi connectivity index (χ4v) is 3.48. The van der Waals surface area contributed by atoms with Gasteiger partial charge in [-0.05, 0) is 43.1 Å². The number of halogens is 3. The minimum Gasteiger partial charge on any atom is -0.473 e. The molecule has 1 N–H and O–H groups in total. The van der Waals surface area contributed by atoms with E-state index in [0.29, 0.717) is 18.3 Å². The van der Waals surface area contributed by atoms with Crippen LogP contribution in [-0.4, -0.2) is 29.6 Å². The van der Waals surface area contributed by atoms with Gasteiger partial charge in [-0.1, -0.05) is 48.7 Å². The van der Waals surface area contributed by atoms with Crippen LogP contribution in [0.2, 0.25) is 15.1 Å². The first-order valence-corrected chi connectivity index (χ1v) is 9.56. The van der Waals surface area contributed by atoms with Gasteiger partial charge >= 0.3 is 17.9 Å². The van der Waals surface area contributed by atoms with Crippen molar-refractivity contribution in [3.8, 4) is 5.75 Å². The molecule has 1 fully saturated rings. The summed E-state index contributed by atoms with van der Waals surface area (Å²) >= 11 is 17.9. The van der Waals surface area contributed by atoms with Gasteiger partial charge in [0.05, 0.1) is 21.7 Å². The Bertz CT molecular complexity index is 760. The Kier molecular flexibility index (Phi) is 7.37. The van der Waals surface area contributed by atoms with Crippen LogP contribution in [0, 0.1) is 17.8 Å². The average molecular weight is 438 g/mol. The Morgan fingerprint density at radius 2 is 1.81 bits per heavy atom. The van der Waals surface area contributed by atoms with Crippen molar-refractivity contribution in [3.63, 3.8) is 0 Å². The summed E-state index contributed by atoms with van der Waals surface area (Å²) in [6, 6.07) is 1.14. The molecule has 6 nitrogen and oxygen atoms in total. The summed E-state index contributed by atoms with van der Waals surface area (Å²) in [6.07, 6.45) is 3.13. The van der Waals surface area contributed by atoms with Gasteiger partial charge in [-0.2, -0.15) is 0 Å². The van der Waals surface area contributed by atoms with Crippen molar-refractivity contribution >= 4 is 52.7 Å². The van der Waals surface area contributed by atoms with E-state index >= 15 is 0 Å². The van der Waals surface area contributed by atoms with Crippen molar-refractivity contribution in [2.24, 2.45) is 17.8 Å². The molecule has 148 valence electrons. The van der Waals surface area contributed by atoms with Crippen LogP contribution in [0.1, 0.15) is 43.5 Å². The van der Waals surface area contributed by atoms with Crippen LogP contribution in [0.5, 0.6) is 5.75 Å². The zero-order valence-corrected chi connectivity index (χ0v) is 17.0. The summed E-state index contributed by atoms with van der Waals surface area (Å²) < 4.78 is 9.93. The number of esters is 2. The highest BCUT2D eigenvalue weighted by Gasteiger charge is 2.32. The molecule has 2 unspecified atom stereocenters. The summed E-state index contributed by atoms with van der Waals surface area (Å²) in [5.74, 6) is -3.21. The van der Waals surface area contributed by atoms with Crippen LogP contribution in [0.4, 0.5) is 0 Å². The zero-order chi connectivity index (χ0) is 20.3. The van der Waals surface area contributed by atoms with E-state index in [9.17, 15) is 14.4 Å². The molecule has 2 rings (SSSR count). The van der Waals surface area contributed by atoms with Crippen molar-refractivity contribution < 1.29 is 29.0 Å². The molecule has 0 heterocycles. The quantitative estimate of drug-likeness (QED) is 0.283. The molecule has 0 aromatic heterocycles. The molecule has 0 spiro atoms. The summed E-state index contributed by atoms with van der Waals surface area (Å²) in [5.41, 5.74) is -0.383. The van der Waals surface area contributed by atoms with E-state index < -0.39 is 23.7 Å². The smallest absolute Gasteiger partial charge is 0.422 e. The summed E-state index contributed by atoms with van der Waals surface area (Å²) in [6.45, 7) is 4.41. The highest BCUT2D eigenvalue weighted by molar-refractivity contribution is 6.46. The maximum absolute atomic E-state index is 12.5. The maximum atomic E-state index is 12.5. The first-order chi connectivity index (χ1) is 12.6. The van der Waals surface area contributed by atoms with Gasteiger partial charge in [-0.25, -0.2) is 14.4 Å². The predicted octanol–water partition coefficient (Wildman–Crippen LogP) is 4.87. The van der Waals surface area contributed by atoms with Gasteiger partial charge in [0.15, 0.2) is 5.75 Å². The molecule has 1 aromatic rings. The van der Waals surface area contributed by atoms with Gasteiger partial charge in [-0.15, -0.1) is 0 Å². The van der Waals surface area contributed by atoms with Crippen molar-refractivity contribution in [2.45, 2.75) is 33.1 Å². The molecule has 1 saturated carbocycles. The number of carbonyl (C=O) groups excluding carboxylic acids is 2. The molecule has 1 aliphatic carbocycles. The van der Waals surface area contributed by atoms with Crippen LogP contribution in [-0.2, 0) is 14.3 Å². The number of hydrogen-bond donors (Lipinski definition) is 1. The van der Waals surface area contributed by atoms with E-state index in [4.69, 9.17) is 44.6 Å². The Hall–Kier alpha value is -1.50. The second-order valence-electron chi connectivity index (χ2n) is 6.65. The molecule has 9 heteroatoms. The molecule has 0 radical (unpaired) electrons. The van der Waals surface area contributed by atoms with Crippen molar-refractivity contribution in [2.75, 3.05) is 6.61 Å². The number of carboxylic acids is 1. The van der Waals surface area contributed by atoms with Gasteiger partial charge in [-0.3, -0.25) is 0 Å². The van der Waals surface area contributed by atoms with E-state index in [2.05, 4.69) is 18.6 Å².